The maximum absolute atomic E-state index is 13.0. The molecule has 208 valence electrons. The standard InChI is InChI=1S/C22H37N7O7S/c1-37-9-7-16(21(34)29-17(22(35)36)4-2-3-8-23)28-20(33)15(5-6-18(30)31)27-19(32)14(24)10-13-11-25-12-26-13/h11-12,14-17H,2-10,23-24H2,1H3,(H,25,26)(H,27,32)(H,28,33)(H,29,34)(H,30,31)(H,35,36). The Morgan fingerprint density at radius 1 is 0.973 bits per heavy atom. The number of aromatic amines is 1. The van der Waals surface area contributed by atoms with E-state index in [1.54, 1.807) is 6.26 Å². The minimum atomic E-state index is -1.28. The summed E-state index contributed by atoms with van der Waals surface area (Å²) in [6, 6.07) is -4.57. The molecule has 0 aromatic carbocycles. The number of nitrogens with zero attached hydrogens (tertiary/aromatic N) is 1. The summed E-state index contributed by atoms with van der Waals surface area (Å²) in [6.07, 6.45) is 5.64. The second kappa shape index (κ2) is 17.3. The first-order valence-corrected chi connectivity index (χ1v) is 13.3. The van der Waals surface area contributed by atoms with Crippen LogP contribution in [0.2, 0.25) is 0 Å². The lowest BCUT2D eigenvalue weighted by Gasteiger charge is -2.25. The average Bonchev–Trinajstić information content (AvgIpc) is 3.36. The summed E-state index contributed by atoms with van der Waals surface area (Å²) in [4.78, 5) is 67.9. The predicted octanol–water partition coefficient (Wildman–Crippen LogP) is -1.43. The second-order valence-electron chi connectivity index (χ2n) is 8.41. The fourth-order valence-electron chi connectivity index (χ4n) is 3.34. The van der Waals surface area contributed by atoms with Crippen LogP contribution in [-0.2, 0) is 30.4 Å². The first-order chi connectivity index (χ1) is 17.6. The molecule has 0 radical (unpaired) electrons. The van der Waals surface area contributed by atoms with E-state index in [0.717, 1.165) is 0 Å². The normalized spacial score (nSPS) is 14.1. The number of carboxylic acid groups (broad SMARTS) is 2. The molecule has 0 aliphatic heterocycles. The number of carboxylic acids is 2. The van der Waals surface area contributed by atoms with Crippen molar-refractivity contribution in [1.82, 2.24) is 25.9 Å². The van der Waals surface area contributed by atoms with Gasteiger partial charge in [-0.05, 0) is 50.7 Å². The van der Waals surface area contributed by atoms with E-state index in [-0.39, 0.29) is 25.7 Å². The molecular weight excluding hydrogens is 506 g/mol. The Morgan fingerprint density at radius 2 is 1.59 bits per heavy atom. The van der Waals surface area contributed by atoms with E-state index >= 15 is 0 Å². The van der Waals surface area contributed by atoms with Crippen LogP contribution in [0.1, 0.15) is 44.2 Å². The topological polar surface area (TPSA) is 243 Å². The van der Waals surface area contributed by atoms with Crippen LogP contribution in [0.25, 0.3) is 0 Å². The Kier molecular flexibility index (Phi) is 14.9. The highest BCUT2D eigenvalue weighted by atomic mass is 32.2. The van der Waals surface area contributed by atoms with Crippen molar-refractivity contribution in [1.29, 1.82) is 0 Å². The van der Waals surface area contributed by atoms with Gasteiger partial charge in [-0.3, -0.25) is 19.2 Å². The fraction of sp³-hybridized carbons (Fsp3) is 0.636. The zero-order chi connectivity index (χ0) is 27.8. The van der Waals surface area contributed by atoms with Gasteiger partial charge in [-0.15, -0.1) is 0 Å². The number of imidazole rings is 1. The number of hydrogen-bond donors (Lipinski definition) is 8. The number of carbonyl (C=O) groups excluding carboxylic acids is 3. The van der Waals surface area contributed by atoms with Crippen molar-refractivity contribution in [3.05, 3.63) is 18.2 Å². The monoisotopic (exact) mass is 543 g/mol. The maximum atomic E-state index is 13.0. The molecule has 1 aromatic heterocycles. The summed E-state index contributed by atoms with van der Waals surface area (Å²) in [7, 11) is 0. The van der Waals surface area contributed by atoms with Crippen molar-refractivity contribution in [2.45, 2.75) is 69.1 Å². The molecule has 0 aliphatic carbocycles. The Labute approximate surface area is 219 Å². The molecule has 3 amide bonds. The highest BCUT2D eigenvalue weighted by molar-refractivity contribution is 7.98. The van der Waals surface area contributed by atoms with Gasteiger partial charge in [-0.25, -0.2) is 9.78 Å². The van der Waals surface area contributed by atoms with E-state index in [1.165, 1.54) is 24.3 Å². The molecule has 10 N–H and O–H groups in total. The Balaban J connectivity index is 2.93. The summed E-state index contributed by atoms with van der Waals surface area (Å²) in [6.45, 7) is 0.391. The third kappa shape index (κ3) is 12.6. The molecule has 15 heteroatoms. The molecule has 4 unspecified atom stereocenters. The smallest absolute Gasteiger partial charge is 0.326 e. The molecule has 0 aliphatic rings. The molecular formula is C22H37N7O7S. The lowest BCUT2D eigenvalue weighted by Crippen LogP contribution is -2.57. The van der Waals surface area contributed by atoms with E-state index in [9.17, 15) is 29.1 Å². The summed E-state index contributed by atoms with van der Waals surface area (Å²) in [5.41, 5.74) is 12.0. The van der Waals surface area contributed by atoms with Gasteiger partial charge >= 0.3 is 11.9 Å². The van der Waals surface area contributed by atoms with Crippen molar-refractivity contribution in [3.8, 4) is 0 Å². The number of H-pyrrole nitrogens is 1. The van der Waals surface area contributed by atoms with Crippen LogP contribution >= 0.6 is 11.8 Å². The van der Waals surface area contributed by atoms with Gasteiger partial charge in [0, 0.05) is 24.7 Å². The molecule has 1 rings (SSSR count). The lowest BCUT2D eigenvalue weighted by molar-refractivity contribution is -0.142. The SMILES string of the molecule is CSCCC(NC(=O)C(CCC(=O)O)NC(=O)C(N)Cc1cnc[nH]1)C(=O)NC(CCCCN)C(=O)O. The first kappa shape index (κ1) is 31.9. The number of aliphatic carboxylic acids is 2. The number of thioether (sulfide) groups is 1. The minimum Gasteiger partial charge on any atom is -0.481 e. The van der Waals surface area contributed by atoms with Crippen LogP contribution < -0.4 is 27.4 Å². The number of aromatic nitrogens is 2. The zero-order valence-corrected chi connectivity index (χ0v) is 21.6. The second-order valence-corrected chi connectivity index (χ2v) is 9.39. The third-order valence-corrected chi connectivity index (χ3v) is 6.06. The van der Waals surface area contributed by atoms with Gasteiger partial charge in [-0.2, -0.15) is 11.8 Å². The number of rotatable bonds is 19. The summed E-state index contributed by atoms with van der Waals surface area (Å²) < 4.78 is 0. The van der Waals surface area contributed by atoms with Gasteiger partial charge < -0.3 is 42.6 Å². The van der Waals surface area contributed by atoms with Crippen LogP contribution in [0.15, 0.2) is 12.5 Å². The number of nitrogens with one attached hydrogen (secondary N) is 4. The molecule has 1 aromatic rings. The molecule has 4 atom stereocenters. The van der Waals surface area contributed by atoms with Crippen LogP contribution in [0.5, 0.6) is 0 Å². The number of carbonyl (C=O) groups is 5. The molecule has 0 bridgehead atoms. The van der Waals surface area contributed by atoms with Gasteiger partial charge in [0.05, 0.1) is 12.4 Å². The van der Waals surface area contributed by atoms with Crippen LogP contribution in [0.3, 0.4) is 0 Å². The van der Waals surface area contributed by atoms with Crippen molar-refractivity contribution in [3.63, 3.8) is 0 Å². The highest BCUT2D eigenvalue weighted by Crippen LogP contribution is 2.07. The summed E-state index contributed by atoms with van der Waals surface area (Å²) in [5.74, 6) is -4.06. The quantitative estimate of drug-likeness (QED) is 0.0939. The van der Waals surface area contributed by atoms with Crippen molar-refractivity contribution >= 4 is 41.4 Å². The summed E-state index contributed by atoms with van der Waals surface area (Å²) >= 11 is 1.42. The van der Waals surface area contributed by atoms with Gasteiger partial charge in [0.2, 0.25) is 17.7 Å². The van der Waals surface area contributed by atoms with E-state index in [0.29, 0.717) is 30.8 Å². The number of nitrogens with two attached hydrogens (primary N) is 2. The predicted molar refractivity (Wildman–Crippen MR) is 136 cm³/mol. The third-order valence-electron chi connectivity index (χ3n) is 5.42. The number of amides is 3. The van der Waals surface area contributed by atoms with E-state index in [2.05, 4.69) is 25.9 Å². The molecule has 37 heavy (non-hydrogen) atoms. The maximum Gasteiger partial charge on any atom is 0.326 e. The Hall–Kier alpha value is -3.17. The van der Waals surface area contributed by atoms with E-state index in [1.807, 2.05) is 0 Å². The molecule has 0 fully saturated rings. The average molecular weight is 544 g/mol. The lowest BCUT2D eigenvalue weighted by atomic mass is 10.1. The minimum absolute atomic E-state index is 0.110. The van der Waals surface area contributed by atoms with Crippen LogP contribution in [-0.4, -0.2) is 92.6 Å². The van der Waals surface area contributed by atoms with E-state index in [4.69, 9.17) is 16.6 Å². The van der Waals surface area contributed by atoms with Gasteiger partial charge in [-0.1, -0.05) is 0 Å². The molecule has 0 saturated heterocycles. The largest absolute Gasteiger partial charge is 0.481 e. The number of unbranched alkanes of at least 4 members (excludes halogenated alkanes) is 1. The van der Waals surface area contributed by atoms with Crippen molar-refractivity contribution in [2.24, 2.45) is 11.5 Å². The Bertz CT molecular complexity index is 885. The van der Waals surface area contributed by atoms with Crippen molar-refractivity contribution < 1.29 is 34.2 Å². The Morgan fingerprint density at radius 3 is 2.14 bits per heavy atom. The molecule has 0 saturated carbocycles. The molecule has 0 spiro atoms. The highest BCUT2D eigenvalue weighted by Gasteiger charge is 2.30. The van der Waals surface area contributed by atoms with E-state index < -0.39 is 60.2 Å². The molecule has 1 heterocycles. The number of hydrogen-bond acceptors (Lipinski definition) is 9. The zero-order valence-electron chi connectivity index (χ0n) is 20.8. The fourth-order valence-corrected chi connectivity index (χ4v) is 3.81. The van der Waals surface area contributed by atoms with Crippen LogP contribution in [0.4, 0.5) is 0 Å². The first-order valence-electron chi connectivity index (χ1n) is 11.9. The van der Waals surface area contributed by atoms with Crippen molar-refractivity contribution in [2.75, 3.05) is 18.6 Å². The van der Waals surface area contributed by atoms with Gasteiger partial charge in [0.1, 0.15) is 18.1 Å². The van der Waals surface area contributed by atoms with Gasteiger partial charge in [0.15, 0.2) is 0 Å². The molecule has 14 nitrogen and oxygen atoms in total. The van der Waals surface area contributed by atoms with Crippen LogP contribution in [0, 0.1) is 0 Å². The van der Waals surface area contributed by atoms with Gasteiger partial charge in [0.25, 0.3) is 0 Å². The summed E-state index contributed by atoms with van der Waals surface area (Å²) in [5, 5.41) is 26.0.